The molecule has 2 atom stereocenters. The van der Waals surface area contributed by atoms with Crippen LogP contribution in [0, 0.1) is 5.92 Å². The molecule has 0 bridgehead atoms. The highest BCUT2D eigenvalue weighted by Crippen LogP contribution is 2.45. The molecule has 3 aliphatic carbocycles. The van der Waals surface area contributed by atoms with Gasteiger partial charge in [-0.05, 0) is 53.9 Å². The van der Waals surface area contributed by atoms with Gasteiger partial charge in [-0.1, -0.05) is 61.4 Å². The number of nitrogens with zero attached hydrogens (tertiary/aromatic N) is 1. The van der Waals surface area contributed by atoms with Crippen molar-refractivity contribution in [3.63, 3.8) is 0 Å². The van der Waals surface area contributed by atoms with E-state index in [-0.39, 0.29) is 36.8 Å². The van der Waals surface area contributed by atoms with E-state index < -0.39 is 17.6 Å². The van der Waals surface area contributed by atoms with Gasteiger partial charge in [0.05, 0.1) is 0 Å². The van der Waals surface area contributed by atoms with Gasteiger partial charge in [-0.3, -0.25) is 4.79 Å². The van der Waals surface area contributed by atoms with Crippen LogP contribution < -0.4 is 5.32 Å². The number of aliphatic carboxylic acids is 1. The predicted molar refractivity (Wildman–Crippen MR) is 131 cm³/mol. The number of benzene rings is 2. The van der Waals surface area contributed by atoms with Gasteiger partial charge < -0.3 is 20.1 Å². The SMILES string of the molecule is CN(C(=O)C[C@H]1CCCC[C@H]1NC(=O)OCC1c2ccccc2-c2ccccc21)C1(C(=O)O)CC1. The van der Waals surface area contributed by atoms with Crippen LogP contribution in [-0.2, 0) is 14.3 Å². The first kappa shape index (κ1) is 23.4. The Morgan fingerprint density at radius 2 is 1.60 bits per heavy atom. The molecule has 0 radical (unpaired) electrons. The van der Waals surface area contributed by atoms with Crippen molar-refractivity contribution in [2.75, 3.05) is 13.7 Å². The summed E-state index contributed by atoms with van der Waals surface area (Å²) in [6.07, 6.45) is 4.35. The van der Waals surface area contributed by atoms with Crippen LogP contribution in [0.5, 0.6) is 0 Å². The van der Waals surface area contributed by atoms with Crippen molar-refractivity contribution < 1.29 is 24.2 Å². The molecule has 0 aliphatic heterocycles. The largest absolute Gasteiger partial charge is 0.479 e. The van der Waals surface area contributed by atoms with E-state index in [1.54, 1.807) is 7.05 Å². The number of carboxylic acid groups (broad SMARTS) is 1. The number of hydrogen-bond donors (Lipinski definition) is 2. The maximum Gasteiger partial charge on any atom is 0.407 e. The van der Waals surface area contributed by atoms with Gasteiger partial charge in [-0.25, -0.2) is 9.59 Å². The van der Waals surface area contributed by atoms with Crippen molar-refractivity contribution >= 4 is 18.0 Å². The Morgan fingerprint density at radius 3 is 2.20 bits per heavy atom. The summed E-state index contributed by atoms with van der Waals surface area (Å²) in [6, 6.07) is 16.3. The Labute approximate surface area is 205 Å². The molecule has 2 aromatic rings. The van der Waals surface area contributed by atoms with Crippen LogP contribution in [-0.4, -0.2) is 53.2 Å². The number of carboxylic acids is 1. The van der Waals surface area contributed by atoms with Crippen LogP contribution in [0.15, 0.2) is 48.5 Å². The molecule has 2 amide bonds. The predicted octanol–water partition coefficient (Wildman–Crippen LogP) is 4.55. The molecule has 2 saturated carbocycles. The van der Waals surface area contributed by atoms with E-state index in [9.17, 15) is 19.5 Å². The summed E-state index contributed by atoms with van der Waals surface area (Å²) in [5.41, 5.74) is 3.65. The molecule has 5 rings (SSSR count). The Hall–Kier alpha value is -3.35. The average Bonchev–Trinajstić information content (AvgIpc) is 3.62. The topological polar surface area (TPSA) is 95.9 Å². The fourth-order valence-electron chi connectivity index (χ4n) is 5.84. The number of alkyl carbamates (subject to hydrolysis) is 1. The number of carbonyl (C=O) groups excluding carboxylic acids is 2. The molecule has 2 N–H and O–H groups in total. The molecule has 2 fully saturated rings. The minimum absolute atomic E-state index is 0.00344. The molecule has 184 valence electrons. The third-order valence-corrected chi connectivity index (χ3v) is 8.13. The number of hydrogen-bond acceptors (Lipinski definition) is 4. The zero-order valence-corrected chi connectivity index (χ0v) is 20.0. The van der Waals surface area contributed by atoms with E-state index in [4.69, 9.17) is 4.74 Å². The average molecular weight is 477 g/mol. The quantitative estimate of drug-likeness (QED) is 0.611. The highest BCUT2D eigenvalue weighted by Gasteiger charge is 2.55. The first-order valence-electron chi connectivity index (χ1n) is 12.5. The van der Waals surface area contributed by atoms with Crippen molar-refractivity contribution in [1.29, 1.82) is 0 Å². The maximum absolute atomic E-state index is 12.9. The van der Waals surface area contributed by atoms with E-state index >= 15 is 0 Å². The second-order valence-corrected chi connectivity index (χ2v) is 10.1. The van der Waals surface area contributed by atoms with E-state index in [1.807, 2.05) is 24.3 Å². The smallest absolute Gasteiger partial charge is 0.407 e. The lowest BCUT2D eigenvalue weighted by Crippen LogP contribution is -2.48. The molecule has 0 aromatic heterocycles. The van der Waals surface area contributed by atoms with Crippen LogP contribution in [0.25, 0.3) is 11.1 Å². The summed E-state index contributed by atoms with van der Waals surface area (Å²) in [6.45, 7) is 0.250. The summed E-state index contributed by atoms with van der Waals surface area (Å²) < 4.78 is 5.72. The van der Waals surface area contributed by atoms with Crippen LogP contribution >= 0.6 is 0 Å². The Balaban J connectivity index is 1.20. The zero-order valence-electron chi connectivity index (χ0n) is 20.0. The molecule has 0 saturated heterocycles. The summed E-state index contributed by atoms with van der Waals surface area (Å²) in [4.78, 5) is 38.7. The summed E-state index contributed by atoms with van der Waals surface area (Å²) >= 11 is 0. The van der Waals surface area contributed by atoms with Crippen LogP contribution in [0.3, 0.4) is 0 Å². The highest BCUT2D eigenvalue weighted by atomic mass is 16.5. The van der Waals surface area contributed by atoms with Gasteiger partial charge in [-0.2, -0.15) is 0 Å². The second-order valence-electron chi connectivity index (χ2n) is 10.1. The normalized spacial score (nSPS) is 22.0. The Bertz CT molecular complexity index is 1100. The molecule has 0 heterocycles. The minimum atomic E-state index is -1.04. The number of nitrogens with one attached hydrogen (secondary N) is 1. The van der Waals surface area contributed by atoms with E-state index in [0.29, 0.717) is 12.8 Å². The number of likely N-dealkylation sites (N-methyl/N-ethyl adjacent to an activating group) is 1. The van der Waals surface area contributed by atoms with Crippen molar-refractivity contribution in [3.05, 3.63) is 59.7 Å². The van der Waals surface area contributed by atoms with Crippen molar-refractivity contribution in [3.8, 4) is 11.1 Å². The first-order valence-corrected chi connectivity index (χ1v) is 12.5. The van der Waals surface area contributed by atoms with Gasteiger partial charge in [0.1, 0.15) is 12.1 Å². The third-order valence-electron chi connectivity index (χ3n) is 8.13. The molecule has 35 heavy (non-hydrogen) atoms. The van der Waals surface area contributed by atoms with Crippen molar-refractivity contribution in [1.82, 2.24) is 10.2 Å². The monoisotopic (exact) mass is 476 g/mol. The standard InChI is InChI=1S/C28H32N2O5/c1-30(28(14-15-28)26(32)33)25(31)16-18-8-2-7-13-24(18)29-27(34)35-17-23-21-11-5-3-9-19(21)20-10-4-6-12-22(20)23/h3-6,9-12,18,23-24H,2,7-8,13-17H2,1H3,(H,29,34)(H,32,33)/t18-,24-/m1/s1. The molecule has 3 aliphatic rings. The first-order chi connectivity index (χ1) is 16.9. The molecular weight excluding hydrogens is 444 g/mol. The van der Waals surface area contributed by atoms with Gasteiger partial charge in [0.15, 0.2) is 0 Å². The number of fused-ring (bicyclic) bond motifs is 3. The molecule has 7 heteroatoms. The lowest BCUT2D eigenvalue weighted by Gasteiger charge is -2.33. The minimum Gasteiger partial charge on any atom is -0.479 e. The van der Waals surface area contributed by atoms with E-state index in [1.165, 1.54) is 16.0 Å². The van der Waals surface area contributed by atoms with Crippen LogP contribution in [0.4, 0.5) is 4.79 Å². The highest BCUT2D eigenvalue weighted by molar-refractivity contribution is 5.89. The second kappa shape index (κ2) is 9.36. The number of amides is 2. The summed E-state index contributed by atoms with van der Waals surface area (Å²) in [7, 11) is 1.58. The van der Waals surface area contributed by atoms with Crippen LogP contribution in [0.1, 0.15) is 62.0 Å². The van der Waals surface area contributed by atoms with Gasteiger partial charge in [-0.15, -0.1) is 0 Å². The van der Waals surface area contributed by atoms with Gasteiger partial charge in [0.2, 0.25) is 5.91 Å². The van der Waals surface area contributed by atoms with Crippen LogP contribution in [0.2, 0.25) is 0 Å². The number of carbonyl (C=O) groups is 3. The lowest BCUT2D eigenvalue weighted by molar-refractivity contribution is -0.151. The van der Waals surface area contributed by atoms with Gasteiger partial charge >= 0.3 is 12.1 Å². The zero-order chi connectivity index (χ0) is 24.6. The Kier molecular flexibility index (Phi) is 6.26. The van der Waals surface area contributed by atoms with Crippen molar-refractivity contribution in [2.45, 2.75) is 62.4 Å². The van der Waals surface area contributed by atoms with Gasteiger partial charge in [0, 0.05) is 25.4 Å². The molecule has 0 spiro atoms. The molecule has 0 unspecified atom stereocenters. The summed E-state index contributed by atoms with van der Waals surface area (Å²) in [5, 5.41) is 12.5. The Morgan fingerprint density at radius 1 is 1.00 bits per heavy atom. The molecular formula is C28H32N2O5. The number of rotatable bonds is 7. The molecule has 2 aromatic carbocycles. The summed E-state index contributed by atoms with van der Waals surface area (Å²) in [5.74, 6) is -1.14. The van der Waals surface area contributed by atoms with E-state index in [0.717, 1.165) is 36.8 Å². The lowest BCUT2D eigenvalue weighted by atomic mass is 9.82. The van der Waals surface area contributed by atoms with E-state index in [2.05, 4.69) is 29.6 Å². The fraction of sp³-hybridized carbons (Fsp3) is 0.464. The third kappa shape index (κ3) is 4.40. The number of ether oxygens (including phenoxy) is 1. The maximum atomic E-state index is 12.9. The van der Waals surface area contributed by atoms with Gasteiger partial charge in [0.25, 0.3) is 0 Å². The fourth-order valence-corrected chi connectivity index (χ4v) is 5.84. The van der Waals surface area contributed by atoms with Crippen molar-refractivity contribution in [2.24, 2.45) is 5.92 Å². The molecule has 7 nitrogen and oxygen atoms in total.